The zero-order valence-corrected chi connectivity index (χ0v) is 16.8. The van der Waals surface area contributed by atoms with Crippen molar-refractivity contribution in [1.29, 1.82) is 0 Å². The van der Waals surface area contributed by atoms with Gasteiger partial charge in [0.25, 0.3) is 0 Å². The molecule has 2 aromatic carbocycles. The van der Waals surface area contributed by atoms with Crippen LogP contribution in [0, 0.1) is 41.5 Å². The van der Waals surface area contributed by atoms with Crippen molar-refractivity contribution in [2.24, 2.45) is 0 Å². The first-order valence-corrected chi connectivity index (χ1v) is 13.5. The molecule has 0 heterocycles. The van der Waals surface area contributed by atoms with Crippen LogP contribution in [0.1, 0.15) is 33.4 Å². The Morgan fingerprint density at radius 3 is 1.10 bits per heavy atom. The van der Waals surface area contributed by atoms with Gasteiger partial charge in [-0.05, 0) is 0 Å². The van der Waals surface area contributed by atoms with Gasteiger partial charge in [0.15, 0.2) is 0 Å². The van der Waals surface area contributed by atoms with E-state index in [1.165, 1.54) is 40.5 Å². The van der Waals surface area contributed by atoms with Gasteiger partial charge in [-0.2, -0.15) is 0 Å². The first kappa shape index (κ1) is 15.9. The minimum absolute atomic E-state index is 1.33. The van der Waals surface area contributed by atoms with Crippen LogP contribution in [-0.4, -0.2) is 18.6 Å². The van der Waals surface area contributed by atoms with Crippen LogP contribution < -0.4 is 7.16 Å². The summed E-state index contributed by atoms with van der Waals surface area (Å²) < 4.78 is 2.91. The standard InChI is InChI=1S/2C9H11.ClH.Sn/c2*1-7-4-8(2)6-9(3)5-7;;/h2*4-5H,1-3H3;1H;/q;;;+1/p-1. The number of hydrogen-bond donors (Lipinski definition) is 0. The Balaban J connectivity index is 2.61. The van der Waals surface area contributed by atoms with E-state index in [0.717, 1.165) is 0 Å². The van der Waals surface area contributed by atoms with Gasteiger partial charge in [-0.3, -0.25) is 0 Å². The summed E-state index contributed by atoms with van der Waals surface area (Å²) in [5, 5.41) is 0. The molecule has 2 aromatic rings. The fraction of sp³-hybridized carbons (Fsp3) is 0.333. The number of benzene rings is 2. The molecular formula is C18H22ClSn. The fourth-order valence-corrected chi connectivity index (χ4v) is 12.7. The van der Waals surface area contributed by atoms with E-state index in [-0.39, 0.29) is 0 Å². The maximum absolute atomic E-state index is 7.05. The van der Waals surface area contributed by atoms with Crippen molar-refractivity contribution in [3.8, 4) is 0 Å². The second kappa shape index (κ2) is 6.11. The zero-order chi connectivity index (χ0) is 15.0. The van der Waals surface area contributed by atoms with Crippen molar-refractivity contribution in [2.75, 3.05) is 0 Å². The van der Waals surface area contributed by atoms with Crippen LogP contribution in [-0.2, 0) is 0 Å². The molecule has 0 saturated carbocycles. The average Bonchev–Trinajstić information content (AvgIpc) is 2.25. The zero-order valence-electron chi connectivity index (χ0n) is 13.2. The van der Waals surface area contributed by atoms with Gasteiger partial charge in [0.2, 0.25) is 0 Å². The van der Waals surface area contributed by atoms with Crippen LogP contribution in [0.4, 0.5) is 0 Å². The summed E-state index contributed by atoms with van der Waals surface area (Å²) in [5.74, 6) is 0. The summed E-state index contributed by atoms with van der Waals surface area (Å²) in [7, 11) is 7.05. The molecule has 20 heavy (non-hydrogen) atoms. The quantitative estimate of drug-likeness (QED) is 0.681. The Hall–Kier alpha value is -0.471. The third-order valence-electron chi connectivity index (χ3n) is 3.79. The van der Waals surface area contributed by atoms with Crippen molar-refractivity contribution >= 4 is 34.7 Å². The Kier molecular flexibility index (Phi) is 4.86. The molecular weight excluding hydrogens is 370 g/mol. The van der Waals surface area contributed by atoms with E-state index < -0.39 is 18.6 Å². The average molecular weight is 393 g/mol. The van der Waals surface area contributed by atoms with E-state index in [0.29, 0.717) is 0 Å². The number of hydrogen-bond acceptors (Lipinski definition) is 0. The first-order valence-electron chi connectivity index (χ1n) is 7.00. The van der Waals surface area contributed by atoms with Crippen LogP contribution in [0.2, 0.25) is 0 Å². The third-order valence-corrected chi connectivity index (χ3v) is 13.3. The molecule has 0 nitrogen and oxygen atoms in total. The SMILES string of the molecule is Cc1cc(C)[c]([Sn]([Cl])[c]2c(C)cc(C)cc2C)c(C)c1. The summed E-state index contributed by atoms with van der Waals surface area (Å²) in [6.45, 7) is 13.1. The van der Waals surface area contributed by atoms with Crippen LogP contribution >= 0.6 is 8.92 Å². The number of rotatable bonds is 2. The van der Waals surface area contributed by atoms with Gasteiger partial charge in [-0.15, -0.1) is 0 Å². The number of halogens is 1. The van der Waals surface area contributed by atoms with E-state index in [2.05, 4.69) is 65.8 Å². The molecule has 0 atom stereocenters. The Bertz CT molecular complexity index is 555. The van der Waals surface area contributed by atoms with Crippen molar-refractivity contribution in [3.63, 3.8) is 0 Å². The van der Waals surface area contributed by atoms with E-state index >= 15 is 0 Å². The van der Waals surface area contributed by atoms with Crippen molar-refractivity contribution < 1.29 is 0 Å². The molecule has 0 bridgehead atoms. The third kappa shape index (κ3) is 3.06. The molecule has 0 N–H and O–H groups in total. The molecule has 105 valence electrons. The topological polar surface area (TPSA) is 0 Å². The van der Waals surface area contributed by atoms with Crippen molar-refractivity contribution in [3.05, 3.63) is 57.6 Å². The van der Waals surface area contributed by atoms with E-state index in [4.69, 9.17) is 8.92 Å². The summed E-state index contributed by atoms with van der Waals surface area (Å²) in [6.07, 6.45) is 0. The van der Waals surface area contributed by atoms with E-state index in [9.17, 15) is 0 Å². The van der Waals surface area contributed by atoms with Gasteiger partial charge in [0, 0.05) is 0 Å². The molecule has 0 spiro atoms. The van der Waals surface area contributed by atoms with E-state index in [1.807, 2.05) is 0 Å². The molecule has 0 saturated heterocycles. The Labute approximate surface area is 133 Å². The van der Waals surface area contributed by atoms with Gasteiger partial charge in [0.05, 0.1) is 0 Å². The second-order valence-electron chi connectivity index (χ2n) is 5.86. The minimum atomic E-state index is -2.30. The molecule has 0 fully saturated rings. The molecule has 0 aromatic heterocycles. The maximum atomic E-state index is 7.05. The second-order valence-corrected chi connectivity index (χ2v) is 13.0. The summed E-state index contributed by atoms with van der Waals surface area (Å²) in [4.78, 5) is 0. The Morgan fingerprint density at radius 1 is 0.600 bits per heavy atom. The normalized spacial score (nSPS) is 11.2. The van der Waals surface area contributed by atoms with Gasteiger partial charge in [0.1, 0.15) is 0 Å². The Morgan fingerprint density at radius 2 is 0.850 bits per heavy atom. The predicted octanol–water partition coefficient (Wildman–Crippen LogP) is 3.88. The van der Waals surface area contributed by atoms with Crippen LogP contribution in [0.5, 0.6) is 0 Å². The monoisotopic (exact) mass is 393 g/mol. The molecule has 2 heteroatoms. The van der Waals surface area contributed by atoms with Crippen LogP contribution in [0.15, 0.2) is 24.3 Å². The van der Waals surface area contributed by atoms with Crippen molar-refractivity contribution in [1.82, 2.24) is 0 Å². The summed E-state index contributed by atoms with van der Waals surface area (Å²) >= 11 is -2.30. The summed E-state index contributed by atoms with van der Waals surface area (Å²) in [6, 6.07) is 9.07. The number of aryl methyl sites for hydroxylation is 6. The molecule has 0 unspecified atom stereocenters. The van der Waals surface area contributed by atoms with Gasteiger partial charge in [-0.25, -0.2) is 0 Å². The van der Waals surface area contributed by atoms with Gasteiger partial charge < -0.3 is 0 Å². The van der Waals surface area contributed by atoms with Crippen LogP contribution in [0.25, 0.3) is 0 Å². The predicted molar refractivity (Wildman–Crippen MR) is 92.2 cm³/mol. The molecule has 0 aliphatic rings. The molecule has 2 rings (SSSR count). The van der Waals surface area contributed by atoms with Gasteiger partial charge >= 0.3 is 134 Å². The molecule has 0 aliphatic carbocycles. The first-order chi connectivity index (χ1) is 9.31. The van der Waals surface area contributed by atoms with Crippen LogP contribution in [0.3, 0.4) is 0 Å². The van der Waals surface area contributed by atoms with Crippen molar-refractivity contribution in [2.45, 2.75) is 41.5 Å². The van der Waals surface area contributed by atoms with E-state index in [1.54, 1.807) is 0 Å². The molecule has 0 amide bonds. The van der Waals surface area contributed by atoms with Gasteiger partial charge in [-0.1, -0.05) is 0 Å². The fourth-order valence-electron chi connectivity index (χ4n) is 3.18. The molecule has 0 aliphatic heterocycles. The molecule has 1 radical (unpaired) electrons. The summed E-state index contributed by atoms with van der Waals surface area (Å²) in [5.41, 5.74) is 8.12.